The number of aromatic nitrogens is 6. The molecule has 3 N–H and O–H groups in total. The molecule has 6 saturated carbocycles. The first-order valence-corrected chi connectivity index (χ1v) is 23.4. The SMILES string of the molecule is CN(C)C(=O)c1cc2cnc(Cl)nc2n1C12CC(C1)C2.Cc1cc(N)ccc1OCCN(C)C.Cc1cc(Nc2ncc3cc(C(=O)N(C)C)n(C45CC(C4)C5)c3n2)ccc1OCCN(C)C. The molecule has 6 aliphatic rings. The molecule has 0 saturated heterocycles. The van der Waals surface area contributed by atoms with Crippen LogP contribution in [-0.4, -0.2) is 143 Å². The molecule has 67 heavy (non-hydrogen) atoms. The van der Waals surface area contributed by atoms with Gasteiger partial charge in [-0.2, -0.15) is 9.97 Å². The second-order valence-corrected chi connectivity index (χ2v) is 20.2. The zero-order valence-electron chi connectivity index (χ0n) is 40.6. The van der Waals surface area contributed by atoms with Gasteiger partial charge in [0, 0.05) is 86.9 Å². The molecule has 6 aliphatic carbocycles. The standard InChI is InChI=1S/C25H32N6O2.C14H15ClN4O.C11H18N2O/c1-16-10-19(6-7-21(16)33-9-8-29(2)3)27-24-26-15-18-11-20(23(32)30(4)5)31(22(18)28-24)25-12-17(13-25)14-25;1-18(2)12(20)10-3-9-7-16-13(15)17-11(9)19(10)14-4-8(5-14)6-14;1-9-8-10(12)4-5-11(9)14-7-6-13(2)3/h6-7,10-11,15,17H,8-9,12-14H2,1-5H3,(H,26,27,28);3,7-8H,4-6H2,1-2H3;4-5,8H,6-7,12H2,1-3H3. The number of hydrogen-bond donors (Lipinski definition) is 2. The van der Waals surface area contributed by atoms with Crippen LogP contribution in [-0.2, 0) is 11.1 Å². The van der Waals surface area contributed by atoms with Crippen LogP contribution >= 0.6 is 11.6 Å². The first kappa shape index (κ1) is 47.5. The molecule has 16 nitrogen and oxygen atoms in total. The number of carbonyl (C=O) groups is 2. The summed E-state index contributed by atoms with van der Waals surface area (Å²) in [6.45, 7) is 7.18. The fourth-order valence-electron chi connectivity index (χ4n) is 9.69. The van der Waals surface area contributed by atoms with E-state index in [4.69, 9.17) is 31.8 Å². The molecule has 0 atom stereocenters. The average Bonchev–Trinajstić information content (AvgIpc) is 3.75. The van der Waals surface area contributed by atoms with E-state index in [2.05, 4.69) is 39.2 Å². The van der Waals surface area contributed by atoms with Crippen molar-refractivity contribution in [2.75, 3.05) is 93.7 Å². The van der Waals surface area contributed by atoms with Crippen molar-refractivity contribution in [1.82, 2.24) is 48.7 Å². The number of nitrogens with zero attached hydrogens (tertiary/aromatic N) is 10. The topological polar surface area (TPSA) is 165 Å². The third kappa shape index (κ3) is 9.74. The van der Waals surface area contributed by atoms with Crippen LogP contribution in [0.1, 0.15) is 70.6 Å². The van der Waals surface area contributed by atoms with E-state index in [0.29, 0.717) is 30.5 Å². The summed E-state index contributed by atoms with van der Waals surface area (Å²) in [5.41, 5.74) is 12.6. The number of rotatable bonds is 14. The van der Waals surface area contributed by atoms with Crippen LogP contribution in [0, 0.1) is 25.7 Å². The Balaban J connectivity index is 0.000000151. The number of benzene rings is 2. The van der Waals surface area contributed by atoms with Crippen molar-refractivity contribution >= 4 is 62.8 Å². The minimum atomic E-state index is 0.00356. The quantitative estimate of drug-likeness (QED) is 0.0821. The fourth-order valence-corrected chi connectivity index (χ4v) is 9.82. The van der Waals surface area contributed by atoms with E-state index in [1.807, 2.05) is 96.8 Å². The fraction of sp³-hybridized carbons (Fsp3) is 0.480. The summed E-state index contributed by atoms with van der Waals surface area (Å²) >= 11 is 5.94. The third-order valence-electron chi connectivity index (χ3n) is 13.5. The van der Waals surface area contributed by atoms with E-state index < -0.39 is 0 Å². The molecular weight excluding hydrogens is 868 g/mol. The zero-order valence-corrected chi connectivity index (χ0v) is 41.3. The summed E-state index contributed by atoms with van der Waals surface area (Å²) < 4.78 is 15.8. The average molecular weight is 934 g/mol. The molecule has 4 bridgehead atoms. The number of fused-ring (bicyclic) bond motifs is 2. The number of likely N-dealkylation sites (N-methyl/N-ethyl adjacent to an activating group) is 2. The molecule has 17 heteroatoms. The van der Waals surface area contributed by atoms with Gasteiger partial charge < -0.3 is 49.3 Å². The number of anilines is 3. The van der Waals surface area contributed by atoms with Gasteiger partial charge in [0.25, 0.3) is 11.8 Å². The van der Waals surface area contributed by atoms with Crippen LogP contribution in [0.4, 0.5) is 17.3 Å². The second kappa shape index (κ2) is 19.0. The Morgan fingerprint density at radius 3 is 1.58 bits per heavy atom. The molecule has 0 unspecified atom stereocenters. The summed E-state index contributed by atoms with van der Waals surface area (Å²) in [6.07, 6.45) is 10.3. The number of carbonyl (C=O) groups excluding carboxylic acids is 2. The lowest BCUT2D eigenvalue weighted by atomic mass is 9.49. The van der Waals surface area contributed by atoms with Gasteiger partial charge in [0.15, 0.2) is 0 Å². The van der Waals surface area contributed by atoms with Gasteiger partial charge in [-0.05, 0) is 164 Å². The first-order chi connectivity index (χ1) is 31.8. The number of nitrogen functional groups attached to an aromatic ring is 1. The molecule has 0 radical (unpaired) electrons. The van der Waals surface area contributed by atoms with Gasteiger partial charge in [-0.3, -0.25) is 9.59 Å². The third-order valence-corrected chi connectivity index (χ3v) is 13.7. The van der Waals surface area contributed by atoms with E-state index in [9.17, 15) is 9.59 Å². The molecule has 6 fully saturated rings. The maximum absolute atomic E-state index is 12.9. The monoisotopic (exact) mass is 932 g/mol. The Labute approximate surface area is 398 Å². The summed E-state index contributed by atoms with van der Waals surface area (Å²) in [5.74, 6) is 3.95. The Bertz CT molecular complexity index is 2760. The van der Waals surface area contributed by atoms with Crippen molar-refractivity contribution in [1.29, 1.82) is 0 Å². The normalized spacial score (nSPS) is 20.6. The Morgan fingerprint density at radius 1 is 0.687 bits per heavy atom. The number of amides is 2. The maximum Gasteiger partial charge on any atom is 0.270 e. The van der Waals surface area contributed by atoms with E-state index >= 15 is 0 Å². The Morgan fingerprint density at radius 2 is 1.15 bits per heavy atom. The highest BCUT2D eigenvalue weighted by molar-refractivity contribution is 6.28. The lowest BCUT2D eigenvalue weighted by Crippen LogP contribution is -2.60. The molecule has 6 aromatic rings. The van der Waals surface area contributed by atoms with Crippen molar-refractivity contribution in [3.05, 3.63) is 88.7 Å². The highest BCUT2D eigenvalue weighted by atomic mass is 35.5. The van der Waals surface area contributed by atoms with Crippen molar-refractivity contribution in [3.8, 4) is 11.5 Å². The predicted octanol–water partition coefficient (Wildman–Crippen LogP) is 7.45. The summed E-state index contributed by atoms with van der Waals surface area (Å²) in [4.78, 5) is 50.6. The van der Waals surface area contributed by atoms with Crippen LogP contribution < -0.4 is 20.5 Å². The number of hydrogen-bond acceptors (Lipinski definition) is 12. The molecule has 2 amide bonds. The van der Waals surface area contributed by atoms with Gasteiger partial charge in [0.05, 0.1) is 0 Å². The summed E-state index contributed by atoms with van der Waals surface area (Å²) in [7, 11) is 15.2. The second-order valence-electron chi connectivity index (χ2n) is 19.9. The van der Waals surface area contributed by atoms with Gasteiger partial charge in [-0.1, -0.05) is 0 Å². The molecule has 2 aromatic carbocycles. The van der Waals surface area contributed by atoms with Crippen molar-refractivity contribution in [3.63, 3.8) is 0 Å². The number of nitrogens with two attached hydrogens (primary N) is 1. The molecule has 4 aromatic heterocycles. The van der Waals surface area contributed by atoms with E-state index in [-0.39, 0.29) is 28.2 Å². The van der Waals surface area contributed by atoms with Crippen LogP contribution in [0.2, 0.25) is 5.28 Å². The summed E-state index contributed by atoms with van der Waals surface area (Å²) in [6, 6.07) is 15.5. The predicted molar refractivity (Wildman–Crippen MR) is 265 cm³/mol. The number of aryl methyl sites for hydroxylation is 2. The van der Waals surface area contributed by atoms with Crippen LogP contribution in [0.15, 0.2) is 60.9 Å². The molecule has 4 heterocycles. The lowest BCUT2D eigenvalue weighted by Gasteiger charge is -2.62. The molecule has 12 rings (SSSR count). The van der Waals surface area contributed by atoms with Gasteiger partial charge in [-0.15, -0.1) is 0 Å². The highest BCUT2D eigenvalue weighted by Gasteiger charge is 2.60. The molecule has 356 valence electrons. The summed E-state index contributed by atoms with van der Waals surface area (Å²) in [5, 5.41) is 5.34. The zero-order chi connectivity index (χ0) is 47.9. The number of ether oxygens (including phenoxy) is 2. The van der Waals surface area contributed by atoms with Gasteiger partial charge in [0.2, 0.25) is 11.2 Å². The van der Waals surface area contributed by atoms with Crippen LogP contribution in [0.5, 0.6) is 11.5 Å². The van der Waals surface area contributed by atoms with Crippen LogP contribution in [0.25, 0.3) is 22.1 Å². The van der Waals surface area contributed by atoms with Gasteiger partial charge in [-0.25, -0.2) is 9.97 Å². The first-order valence-electron chi connectivity index (χ1n) is 23.0. The Kier molecular flexibility index (Phi) is 13.4. The highest BCUT2D eigenvalue weighted by Crippen LogP contribution is 2.64. The van der Waals surface area contributed by atoms with Crippen molar-refractivity contribution in [2.24, 2.45) is 11.8 Å². The number of nitrogens with one attached hydrogen (secondary N) is 1. The van der Waals surface area contributed by atoms with Gasteiger partial charge >= 0.3 is 0 Å². The minimum Gasteiger partial charge on any atom is -0.492 e. The smallest absolute Gasteiger partial charge is 0.270 e. The van der Waals surface area contributed by atoms with E-state index in [1.165, 1.54) is 0 Å². The van der Waals surface area contributed by atoms with E-state index in [0.717, 1.165) is 120 Å². The largest absolute Gasteiger partial charge is 0.492 e. The van der Waals surface area contributed by atoms with Crippen molar-refractivity contribution < 1.29 is 19.1 Å². The number of halogens is 1. The van der Waals surface area contributed by atoms with Crippen molar-refractivity contribution in [2.45, 2.75) is 63.5 Å². The van der Waals surface area contributed by atoms with E-state index in [1.54, 1.807) is 44.2 Å². The van der Waals surface area contributed by atoms with Gasteiger partial charge in [0.1, 0.15) is 47.4 Å². The lowest BCUT2D eigenvalue weighted by molar-refractivity contribution is -0.0871. The maximum atomic E-state index is 12.9. The molecule has 0 spiro atoms. The molecular formula is C50H65ClN12O4. The molecule has 0 aliphatic heterocycles. The Hall–Kier alpha value is -5.97. The minimum absolute atomic E-state index is 0.00356. The van der Waals surface area contributed by atoms with Crippen LogP contribution in [0.3, 0.4) is 0 Å².